The number of carbonyl (C=O) groups is 1. The molecule has 19 heavy (non-hydrogen) atoms. The highest BCUT2D eigenvalue weighted by Crippen LogP contribution is 2.19. The molecule has 1 aliphatic carbocycles. The van der Waals surface area contributed by atoms with Crippen molar-refractivity contribution in [1.82, 2.24) is 5.32 Å². The normalized spacial score (nSPS) is 21.7. The van der Waals surface area contributed by atoms with Crippen LogP contribution in [0.5, 0.6) is 0 Å². The number of aliphatic hydroxyl groups is 1. The van der Waals surface area contributed by atoms with Gasteiger partial charge in [-0.15, -0.1) is 0 Å². The molecule has 102 valence electrons. The summed E-state index contributed by atoms with van der Waals surface area (Å²) in [4.78, 5) is 11.9. The fourth-order valence-corrected chi connectivity index (χ4v) is 2.09. The molecule has 0 aromatic heterocycles. The highest BCUT2D eigenvalue weighted by Gasteiger charge is 2.22. The van der Waals surface area contributed by atoms with Crippen LogP contribution in [0.15, 0.2) is 24.3 Å². The Hall–Kier alpha value is -1.75. The van der Waals surface area contributed by atoms with E-state index in [4.69, 9.17) is 5.11 Å². The first-order valence-electron chi connectivity index (χ1n) is 6.07. The first kappa shape index (κ1) is 13.7. The fourth-order valence-electron chi connectivity index (χ4n) is 2.09. The summed E-state index contributed by atoms with van der Waals surface area (Å²) < 4.78 is 26.7. The SMILES string of the molecule is Cc1cc(C(=O)N[C@@H]2C=C[C@H](CO)C2)c(F)cc1F. The Bertz CT molecular complexity index is 528. The lowest BCUT2D eigenvalue weighted by atomic mass is 10.1. The molecule has 1 aliphatic rings. The average Bonchev–Trinajstić information content (AvgIpc) is 2.81. The zero-order valence-corrected chi connectivity index (χ0v) is 10.5. The summed E-state index contributed by atoms with van der Waals surface area (Å²) in [5.41, 5.74) is 0.0569. The van der Waals surface area contributed by atoms with Crippen LogP contribution in [0, 0.1) is 24.5 Å². The molecule has 1 amide bonds. The first-order valence-corrected chi connectivity index (χ1v) is 6.07. The van der Waals surface area contributed by atoms with Gasteiger partial charge in [0.05, 0.1) is 5.56 Å². The van der Waals surface area contributed by atoms with Crippen molar-refractivity contribution in [2.45, 2.75) is 19.4 Å². The molecular weight excluding hydrogens is 252 g/mol. The number of aryl methyl sites for hydroxylation is 1. The van der Waals surface area contributed by atoms with E-state index in [-0.39, 0.29) is 29.7 Å². The number of benzene rings is 1. The van der Waals surface area contributed by atoms with E-state index in [2.05, 4.69) is 5.32 Å². The largest absolute Gasteiger partial charge is 0.396 e. The average molecular weight is 267 g/mol. The quantitative estimate of drug-likeness (QED) is 0.822. The highest BCUT2D eigenvalue weighted by molar-refractivity contribution is 5.95. The van der Waals surface area contributed by atoms with E-state index in [0.717, 1.165) is 0 Å². The second kappa shape index (κ2) is 5.48. The third-order valence-corrected chi connectivity index (χ3v) is 3.22. The Morgan fingerprint density at radius 2 is 2.11 bits per heavy atom. The third-order valence-electron chi connectivity index (χ3n) is 3.22. The zero-order valence-electron chi connectivity index (χ0n) is 10.5. The molecule has 1 aromatic rings. The molecule has 0 bridgehead atoms. The molecule has 0 unspecified atom stereocenters. The second-order valence-electron chi connectivity index (χ2n) is 4.72. The molecule has 0 saturated heterocycles. The van der Waals surface area contributed by atoms with Crippen LogP contribution in [0.1, 0.15) is 22.3 Å². The highest BCUT2D eigenvalue weighted by atomic mass is 19.1. The number of aliphatic hydroxyl groups excluding tert-OH is 1. The van der Waals surface area contributed by atoms with Crippen LogP contribution in [0.2, 0.25) is 0 Å². The maximum absolute atomic E-state index is 13.5. The van der Waals surface area contributed by atoms with E-state index in [1.165, 1.54) is 13.0 Å². The van der Waals surface area contributed by atoms with Crippen molar-refractivity contribution in [1.29, 1.82) is 0 Å². The van der Waals surface area contributed by atoms with E-state index in [1.807, 2.05) is 6.08 Å². The number of hydrogen-bond acceptors (Lipinski definition) is 2. The number of carbonyl (C=O) groups excluding carboxylic acids is 1. The van der Waals surface area contributed by atoms with E-state index in [9.17, 15) is 13.6 Å². The van der Waals surface area contributed by atoms with Crippen molar-refractivity contribution in [3.63, 3.8) is 0 Å². The molecule has 3 nitrogen and oxygen atoms in total. The summed E-state index contributed by atoms with van der Waals surface area (Å²) in [6.07, 6.45) is 4.17. The number of rotatable bonds is 3. The lowest BCUT2D eigenvalue weighted by molar-refractivity contribution is 0.0937. The molecule has 0 spiro atoms. The molecule has 5 heteroatoms. The van der Waals surface area contributed by atoms with E-state index < -0.39 is 17.5 Å². The Morgan fingerprint density at radius 1 is 1.37 bits per heavy atom. The molecule has 1 aromatic carbocycles. The number of hydrogen-bond donors (Lipinski definition) is 2. The van der Waals surface area contributed by atoms with Crippen molar-refractivity contribution in [3.8, 4) is 0 Å². The number of amides is 1. The number of halogens is 2. The third kappa shape index (κ3) is 2.98. The molecule has 0 heterocycles. The van der Waals surface area contributed by atoms with Crippen molar-refractivity contribution in [2.24, 2.45) is 5.92 Å². The standard InChI is InChI=1S/C14H15F2NO2/c1-8-4-11(13(16)6-12(8)15)14(19)17-10-3-2-9(5-10)7-18/h2-4,6,9-10,18H,5,7H2,1H3,(H,17,19)/t9-,10+/m0/s1. The van der Waals surface area contributed by atoms with E-state index in [1.54, 1.807) is 6.08 Å². The minimum atomic E-state index is -0.874. The van der Waals surface area contributed by atoms with Gasteiger partial charge >= 0.3 is 0 Å². The van der Waals surface area contributed by atoms with Gasteiger partial charge in [-0.05, 0) is 25.0 Å². The van der Waals surface area contributed by atoms with E-state index in [0.29, 0.717) is 12.5 Å². The summed E-state index contributed by atoms with van der Waals surface area (Å²) in [7, 11) is 0. The Balaban J connectivity index is 2.09. The molecule has 2 rings (SSSR count). The predicted molar refractivity (Wildman–Crippen MR) is 66.7 cm³/mol. The van der Waals surface area contributed by atoms with Crippen LogP contribution in [0.25, 0.3) is 0 Å². The van der Waals surface area contributed by atoms with Gasteiger partial charge in [-0.1, -0.05) is 12.2 Å². The smallest absolute Gasteiger partial charge is 0.254 e. The molecule has 0 fully saturated rings. The minimum absolute atomic E-state index is 0.0186. The van der Waals surface area contributed by atoms with E-state index >= 15 is 0 Å². The molecule has 0 radical (unpaired) electrons. The van der Waals surface area contributed by atoms with Gasteiger partial charge in [0, 0.05) is 24.6 Å². The van der Waals surface area contributed by atoms with Crippen molar-refractivity contribution in [2.75, 3.05) is 6.61 Å². The van der Waals surface area contributed by atoms with Gasteiger partial charge in [0.2, 0.25) is 0 Å². The van der Waals surface area contributed by atoms with Crippen LogP contribution < -0.4 is 5.32 Å². The van der Waals surface area contributed by atoms with Crippen molar-refractivity contribution in [3.05, 3.63) is 47.0 Å². The maximum Gasteiger partial charge on any atom is 0.254 e. The first-order chi connectivity index (χ1) is 9.01. The van der Waals surface area contributed by atoms with Gasteiger partial charge in [-0.25, -0.2) is 8.78 Å². The van der Waals surface area contributed by atoms with Crippen LogP contribution in [0.4, 0.5) is 8.78 Å². The van der Waals surface area contributed by atoms with Gasteiger partial charge in [-0.2, -0.15) is 0 Å². The van der Waals surface area contributed by atoms with Gasteiger partial charge in [0.25, 0.3) is 5.91 Å². The lowest BCUT2D eigenvalue weighted by Gasteiger charge is -2.13. The van der Waals surface area contributed by atoms with Gasteiger partial charge in [-0.3, -0.25) is 4.79 Å². The zero-order chi connectivity index (χ0) is 14.0. The summed E-state index contributed by atoms with van der Waals surface area (Å²) in [5, 5.41) is 11.6. The monoisotopic (exact) mass is 267 g/mol. The van der Waals surface area contributed by atoms with Gasteiger partial charge in [0.15, 0.2) is 0 Å². The topological polar surface area (TPSA) is 49.3 Å². The predicted octanol–water partition coefficient (Wildman–Crippen LogP) is 1.94. The summed E-state index contributed by atoms with van der Waals surface area (Å²) in [6.45, 7) is 1.50. The summed E-state index contributed by atoms with van der Waals surface area (Å²) in [5.74, 6) is -2.10. The Morgan fingerprint density at radius 3 is 2.74 bits per heavy atom. The summed E-state index contributed by atoms with van der Waals surface area (Å²) >= 11 is 0. The Labute approximate surface area is 109 Å². The van der Waals surface area contributed by atoms with Crippen molar-refractivity contribution >= 4 is 5.91 Å². The van der Waals surface area contributed by atoms with Crippen molar-refractivity contribution < 1.29 is 18.7 Å². The molecule has 2 atom stereocenters. The molecule has 2 N–H and O–H groups in total. The maximum atomic E-state index is 13.5. The lowest BCUT2D eigenvalue weighted by Crippen LogP contribution is -2.33. The van der Waals surface area contributed by atoms with Crippen LogP contribution in [-0.4, -0.2) is 23.7 Å². The fraction of sp³-hybridized carbons (Fsp3) is 0.357. The molecule has 0 saturated carbocycles. The van der Waals surface area contributed by atoms with Crippen LogP contribution >= 0.6 is 0 Å². The Kier molecular flexibility index (Phi) is 3.95. The summed E-state index contributed by atoms with van der Waals surface area (Å²) in [6, 6.07) is 1.68. The van der Waals surface area contributed by atoms with Crippen LogP contribution in [0.3, 0.4) is 0 Å². The van der Waals surface area contributed by atoms with Gasteiger partial charge in [0.1, 0.15) is 11.6 Å². The molecular formula is C14H15F2NO2. The van der Waals surface area contributed by atoms with Crippen LogP contribution in [-0.2, 0) is 0 Å². The number of nitrogens with one attached hydrogen (secondary N) is 1. The second-order valence-corrected chi connectivity index (χ2v) is 4.72. The van der Waals surface area contributed by atoms with Gasteiger partial charge < -0.3 is 10.4 Å². The minimum Gasteiger partial charge on any atom is -0.396 e. The molecule has 0 aliphatic heterocycles.